The lowest BCUT2D eigenvalue weighted by Crippen LogP contribution is -2.50. The Morgan fingerprint density at radius 1 is 1.19 bits per heavy atom. The predicted molar refractivity (Wildman–Crippen MR) is 63.4 cm³/mol. The van der Waals surface area contributed by atoms with E-state index in [-0.39, 0.29) is 11.5 Å². The highest BCUT2D eigenvalue weighted by atomic mass is 16.4. The van der Waals surface area contributed by atoms with E-state index in [1.54, 1.807) is 0 Å². The fraction of sp³-hybridized carbons (Fsp3) is 0.923. The number of carboxylic acids is 1. The first-order valence-corrected chi connectivity index (χ1v) is 6.53. The standard InChI is InChI=1S/C13H23NO2/c1-13(2)11(12(15)16)8-9-14(13)10-6-4-3-5-7-10/h10-11H,3-9H2,1-2H3,(H,15,16). The van der Waals surface area contributed by atoms with Gasteiger partial charge in [0.15, 0.2) is 0 Å². The van der Waals surface area contributed by atoms with Crippen molar-refractivity contribution in [2.24, 2.45) is 5.92 Å². The molecule has 0 bridgehead atoms. The van der Waals surface area contributed by atoms with Crippen LogP contribution in [0.1, 0.15) is 52.4 Å². The van der Waals surface area contributed by atoms with Crippen LogP contribution in [-0.2, 0) is 4.79 Å². The molecule has 0 aromatic rings. The summed E-state index contributed by atoms with van der Waals surface area (Å²) in [6.45, 7) is 5.18. The zero-order valence-electron chi connectivity index (χ0n) is 10.4. The Morgan fingerprint density at radius 3 is 2.31 bits per heavy atom. The number of aliphatic carboxylic acids is 1. The number of nitrogens with zero attached hydrogens (tertiary/aromatic N) is 1. The molecule has 1 saturated carbocycles. The average molecular weight is 225 g/mol. The summed E-state index contributed by atoms with van der Waals surface area (Å²) in [5.74, 6) is -0.808. The summed E-state index contributed by atoms with van der Waals surface area (Å²) in [4.78, 5) is 13.7. The van der Waals surface area contributed by atoms with Crippen molar-refractivity contribution in [3.63, 3.8) is 0 Å². The maximum Gasteiger partial charge on any atom is 0.308 e. The molecule has 0 amide bonds. The van der Waals surface area contributed by atoms with E-state index in [4.69, 9.17) is 0 Å². The Labute approximate surface area is 97.8 Å². The predicted octanol–water partition coefficient (Wildman–Crippen LogP) is 2.50. The Hall–Kier alpha value is -0.570. The highest BCUT2D eigenvalue weighted by Crippen LogP contribution is 2.39. The van der Waals surface area contributed by atoms with Gasteiger partial charge in [-0.25, -0.2) is 0 Å². The zero-order valence-corrected chi connectivity index (χ0v) is 10.4. The van der Waals surface area contributed by atoms with Gasteiger partial charge >= 0.3 is 5.97 Å². The molecule has 92 valence electrons. The van der Waals surface area contributed by atoms with Crippen LogP contribution in [0.25, 0.3) is 0 Å². The van der Waals surface area contributed by atoms with Crippen LogP contribution in [0.2, 0.25) is 0 Å². The third-order valence-electron chi connectivity index (χ3n) is 4.57. The van der Waals surface area contributed by atoms with E-state index in [1.165, 1.54) is 32.1 Å². The second-order valence-corrected chi connectivity index (χ2v) is 5.82. The molecule has 1 atom stereocenters. The van der Waals surface area contributed by atoms with Crippen LogP contribution in [0, 0.1) is 5.92 Å². The molecule has 2 fully saturated rings. The summed E-state index contributed by atoms with van der Waals surface area (Å²) >= 11 is 0. The molecule has 1 unspecified atom stereocenters. The first-order chi connectivity index (χ1) is 7.53. The van der Waals surface area contributed by atoms with Crippen molar-refractivity contribution in [1.82, 2.24) is 4.90 Å². The molecule has 1 saturated heterocycles. The maximum atomic E-state index is 11.2. The molecule has 3 heteroatoms. The fourth-order valence-corrected chi connectivity index (χ4v) is 3.58. The van der Waals surface area contributed by atoms with Crippen molar-refractivity contribution in [3.8, 4) is 0 Å². The van der Waals surface area contributed by atoms with Gasteiger partial charge in [-0.2, -0.15) is 0 Å². The lowest BCUT2D eigenvalue weighted by atomic mass is 9.85. The van der Waals surface area contributed by atoms with Crippen molar-refractivity contribution < 1.29 is 9.90 Å². The largest absolute Gasteiger partial charge is 0.481 e. The van der Waals surface area contributed by atoms with E-state index in [0.29, 0.717) is 6.04 Å². The SMILES string of the molecule is CC1(C)C(C(=O)O)CCN1C1CCCCC1. The van der Waals surface area contributed by atoms with E-state index >= 15 is 0 Å². The molecule has 0 aromatic carbocycles. The number of carboxylic acid groups (broad SMARTS) is 1. The molecule has 0 aromatic heterocycles. The summed E-state index contributed by atoms with van der Waals surface area (Å²) in [5, 5.41) is 9.24. The van der Waals surface area contributed by atoms with Crippen LogP contribution in [0.4, 0.5) is 0 Å². The third kappa shape index (κ3) is 1.97. The van der Waals surface area contributed by atoms with Crippen LogP contribution >= 0.6 is 0 Å². The summed E-state index contributed by atoms with van der Waals surface area (Å²) < 4.78 is 0. The summed E-state index contributed by atoms with van der Waals surface area (Å²) in [5.41, 5.74) is -0.159. The smallest absolute Gasteiger partial charge is 0.308 e. The molecule has 2 aliphatic rings. The number of likely N-dealkylation sites (tertiary alicyclic amines) is 1. The van der Waals surface area contributed by atoms with Gasteiger partial charge in [-0.3, -0.25) is 9.69 Å². The van der Waals surface area contributed by atoms with Gasteiger partial charge in [0.1, 0.15) is 0 Å². The minimum Gasteiger partial charge on any atom is -0.481 e. The summed E-state index contributed by atoms with van der Waals surface area (Å²) in [6, 6.07) is 0.632. The van der Waals surface area contributed by atoms with Crippen molar-refractivity contribution in [3.05, 3.63) is 0 Å². The highest BCUT2D eigenvalue weighted by molar-refractivity contribution is 5.72. The van der Waals surface area contributed by atoms with Gasteiger partial charge in [-0.15, -0.1) is 0 Å². The minimum atomic E-state index is -0.622. The Kier molecular flexibility index (Phi) is 3.24. The van der Waals surface area contributed by atoms with E-state index in [2.05, 4.69) is 18.7 Å². The van der Waals surface area contributed by atoms with Gasteiger partial charge in [-0.05, 0) is 39.7 Å². The fourth-order valence-electron chi connectivity index (χ4n) is 3.58. The molecular weight excluding hydrogens is 202 g/mol. The van der Waals surface area contributed by atoms with E-state index < -0.39 is 5.97 Å². The van der Waals surface area contributed by atoms with Crippen LogP contribution in [0.5, 0.6) is 0 Å². The lowest BCUT2D eigenvalue weighted by Gasteiger charge is -2.41. The van der Waals surface area contributed by atoms with E-state index in [9.17, 15) is 9.90 Å². The van der Waals surface area contributed by atoms with E-state index in [0.717, 1.165) is 13.0 Å². The van der Waals surface area contributed by atoms with Crippen molar-refractivity contribution in [1.29, 1.82) is 0 Å². The maximum absolute atomic E-state index is 11.2. The monoisotopic (exact) mass is 225 g/mol. The first-order valence-electron chi connectivity index (χ1n) is 6.53. The normalized spacial score (nSPS) is 31.8. The number of hydrogen-bond donors (Lipinski definition) is 1. The van der Waals surface area contributed by atoms with Gasteiger partial charge in [0.05, 0.1) is 5.92 Å². The minimum absolute atomic E-state index is 0.159. The molecule has 16 heavy (non-hydrogen) atoms. The summed E-state index contributed by atoms with van der Waals surface area (Å²) in [7, 11) is 0. The quantitative estimate of drug-likeness (QED) is 0.785. The number of rotatable bonds is 2. The van der Waals surface area contributed by atoms with E-state index in [1.807, 2.05) is 0 Å². The van der Waals surface area contributed by atoms with Gasteiger partial charge in [0, 0.05) is 11.6 Å². The van der Waals surface area contributed by atoms with Crippen LogP contribution < -0.4 is 0 Å². The van der Waals surface area contributed by atoms with Crippen molar-refractivity contribution in [2.75, 3.05) is 6.54 Å². The van der Waals surface area contributed by atoms with Gasteiger partial charge in [-0.1, -0.05) is 19.3 Å². The second kappa shape index (κ2) is 4.36. The van der Waals surface area contributed by atoms with Gasteiger partial charge in [0.25, 0.3) is 0 Å². The second-order valence-electron chi connectivity index (χ2n) is 5.82. The number of carbonyl (C=O) groups is 1. The van der Waals surface area contributed by atoms with Gasteiger partial charge < -0.3 is 5.11 Å². The third-order valence-corrected chi connectivity index (χ3v) is 4.57. The van der Waals surface area contributed by atoms with Crippen LogP contribution in [-0.4, -0.2) is 34.1 Å². The summed E-state index contributed by atoms with van der Waals surface area (Å²) in [6.07, 6.45) is 7.32. The first kappa shape index (κ1) is 11.9. The highest BCUT2D eigenvalue weighted by Gasteiger charge is 2.47. The molecule has 0 radical (unpaired) electrons. The zero-order chi connectivity index (χ0) is 11.8. The molecule has 3 nitrogen and oxygen atoms in total. The molecule has 0 spiro atoms. The topological polar surface area (TPSA) is 40.5 Å². The Morgan fingerprint density at radius 2 is 1.81 bits per heavy atom. The van der Waals surface area contributed by atoms with Crippen molar-refractivity contribution in [2.45, 2.75) is 64.0 Å². The van der Waals surface area contributed by atoms with Crippen LogP contribution in [0.3, 0.4) is 0 Å². The molecule has 1 heterocycles. The van der Waals surface area contributed by atoms with Crippen molar-refractivity contribution >= 4 is 5.97 Å². The number of hydrogen-bond acceptors (Lipinski definition) is 2. The Bertz CT molecular complexity index is 269. The average Bonchev–Trinajstić information content (AvgIpc) is 2.55. The molecular formula is C13H23NO2. The Balaban J connectivity index is 2.08. The molecule has 1 N–H and O–H groups in total. The lowest BCUT2D eigenvalue weighted by molar-refractivity contribution is -0.144. The molecule has 1 aliphatic heterocycles. The molecule has 1 aliphatic carbocycles. The van der Waals surface area contributed by atoms with Crippen LogP contribution in [0.15, 0.2) is 0 Å². The molecule has 2 rings (SSSR count). The van der Waals surface area contributed by atoms with Gasteiger partial charge in [0.2, 0.25) is 0 Å².